The average molecular weight is 316 g/mol. The van der Waals surface area contributed by atoms with E-state index in [1.807, 2.05) is 16.2 Å². The zero-order chi connectivity index (χ0) is 15.3. The number of hydrogen-bond donors (Lipinski definition) is 0. The van der Waals surface area contributed by atoms with Gasteiger partial charge in [-0.3, -0.25) is 4.79 Å². The second-order valence-electron chi connectivity index (χ2n) is 6.19. The molecule has 116 valence electrons. The first-order valence-electron chi connectivity index (χ1n) is 7.93. The standard InChI is InChI=1S/C16H20N4OS/c1-3-14-17-18-15-9-19(6-7-20(14)15)16(21)12-8-11(12)13-5-4-10(2)22-13/h4-5,11-12H,3,6-9H2,1-2H3/t11-,12-/m1/s1. The monoisotopic (exact) mass is 316 g/mol. The highest BCUT2D eigenvalue weighted by Gasteiger charge is 2.47. The van der Waals surface area contributed by atoms with Crippen molar-refractivity contribution < 1.29 is 4.79 Å². The van der Waals surface area contributed by atoms with Gasteiger partial charge >= 0.3 is 0 Å². The second-order valence-corrected chi connectivity index (χ2v) is 7.51. The molecule has 1 saturated carbocycles. The van der Waals surface area contributed by atoms with Gasteiger partial charge in [0.2, 0.25) is 5.91 Å². The third-order valence-electron chi connectivity index (χ3n) is 4.69. The number of fused-ring (bicyclic) bond motifs is 1. The van der Waals surface area contributed by atoms with E-state index in [0.717, 1.165) is 37.6 Å². The lowest BCUT2D eigenvalue weighted by Gasteiger charge is -2.28. The van der Waals surface area contributed by atoms with Gasteiger partial charge in [-0.05, 0) is 25.5 Å². The zero-order valence-electron chi connectivity index (χ0n) is 13.0. The molecule has 0 saturated heterocycles. The lowest BCUT2D eigenvalue weighted by Crippen LogP contribution is -2.39. The molecular formula is C16H20N4OS. The maximum Gasteiger partial charge on any atom is 0.226 e. The van der Waals surface area contributed by atoms with Crippen LogP contribution in [0.15, 0.2) is 12.1 Å². The summed E-state index contributed by atoms with van der Waals surface area (Å²) in [6.45, 7) is 6.43. The quantitative estimate of drug-likeness (QED) is 0.873. The van der Waals surface area contributed by atoms with Crippen LogP contribution in [0.4, 0.5) is 0 Å². The summed E-state index contributed by atoms with van der Waals surface area (Å²) in [5.74, 6) is 2.87. The van der Waals surface area contributed by atoms with E-state index in [2.05, 4.69) is 40.7 Å². The van der Waals surface area contributed by atoms with Crippen molar-refractivity contribution in [3.63, 3.8) is 0 Å². The number of nitrogens with zero attached hydrogens (tertiary/aromatic N) is 4. The first-order valence-corrected chi connectivity index (χ1v) is 8.75. The summed E-state index contributed by atoms with van der Waals surface area (Å²) in [5.41, 5.74) is 0. The third kappa shape index (κ3) is 2.26. The number of amides is 1. The van der Waals surface area contributed by atoms with E-state index in [-0.39, 0.29) is 5.92 Å². The molecule has 2 aromatic heterocycles. The minimum absolute atomic E-state index is 0.179. The number of carbonyl (C=O) groups is 1. The van der Waals surface area contributed by atoms with Crippen LogP contribution >= 0.6 is 11.3 Å². The highest BCUT2D eigenvalue weighted by molar-refractivity contribution is 7.12. The minimum Gasteiger partial charge on any atom is -0.333 e. The third-order valence-corrected chi connectivity index (χ3v) is 5.82. The molecule has 0 radical (unpaired) electrons. The Balaban J connectivity index is 1.44. The summed E-state index contributed by atoms with van der Waals surface area (Å²) < 4.78 is 2.16. The Morgan fingerprint density at radius 2 is 2.23 bits per heavy atom. The Hall–Kier alpha value is -1.69. The van der Waals surface area contributed by atoms with Crippen LogP contribution in [-0.2, 0) is 24.3 Å². The molecule has 22 heavy (non-hydrogen) atoms. The van der Waals surface area contributed by atoms with Crippen LogP contribution in [0.2, 0.25) is 0 Å². The minimum atomic E-state index is 0.179. The van der Waals surface area contributed by atoms with Gasteiger partial charge in [0.15, 0.2) is 5.82 Å². The molecule has 2 atom stereocenters. The lowest BCUT2D eigenvalue weighted by molar-refractivity contribution is -0.134. The lowest BCUT2D eigenvalue weighted by atomic mass is 10.2. The zero-order valence-corrected chi connectivity index (χ0v) is 13.8. The van der Waals surface area contributed by atoms with Crippen molar-refractivity contribution >= 4 is 17.2 Å². The number of carbonyl (C=O) groups excluding carboxylic acids is 1. The molecule has 2 aromatic rings. The Morgan fingerprint density at radius 3 is 2.95 bits per heavy atom. The van der Waals surface area contributed by atoms with Crippen molar-refractivity contribution in [1.29, 1.82) is 0 Å². The predicted octanol–water partition coefficient (Wildman–Crippen LogP) is 2.36. The highest BCUT2D eigenvalue weighted by Crippen LogP contribution is 2.50. The number of thiophene rings is 1. The average Bonchev–Trinajstić information content (AvgIpc) is 3.03. The van der Waals surface area contributed by atoms with Gasteiger partial charge in [-0.25, -0.2) is 0 Å². The maximum atomic E-state index is 12.7. The van der Waals surface area contributed by atoms with Gasteiger partial charge in [0.05, 0.1) is 6.54 Å². The number of aryl methyl sites for hydroxylation is 2. The van der Waals surface area contributed by atoms with Crippen LogP contribution < -0.4 is 0 Å². The van der Waals surface area contributed by atoms with Gasteiger partial charge in [-0.15, -0.1) is 21.5 Å². The molecule has 1 aliphatic heterocycles. The van der Waals surface area contributed by atoms with Crippen LogP contribution in [-0.4, -0.2) is 32.1 Å². The normalized spacial score (nSPS) is 23.5. The Bertz CT molecular complexity index is 720. The molecule has 1 amide bonds. The molecule has 0 aromatic carbocycles. The van der Waals surface area contributed by atoms with Crippen LogP contribution in [0.5, 0.6) is 0 Å². The maximum absolute atomic E-state index is 12.7. The molecule has 0 N–H and O–H groups in total. The van der Waals surface area contributed by atoms with E-state index in [9.17, 15) is 4.79 Å². The van der Waals surface area contributed by atoms with Crippen molar-refractivity contribution in [2.24, 2.45) is 5.92 Å². The molecule has 0 bridgehead atoms. The second kappa shape index (κ2) is 5.19. The molecule has 0 spiro atoms. The fourth-order valence-corrected chi connectivity index (χ4v) is 4.39. The molecular weight excluding hydrogens is 296 g/mol. The molecule has 3 heterocycles. The summed E-state index contributed by atoms with van der Waals surface area (Å²) in [6, 6.07) is 4.33. The molecule has 1 fully saturated rings. The smallest absolute Gasteiger partial charge is 0.226 e. The molecule has 6 heteroatoms. The first kappa shape index (κ1) is 13.9. The summed E-state index contributed by atoms with van der Waals surface area (Å²) >= 11 is 1.82. The summed E-state index contributed by atoms with van der Waals surface area (Å²) in [6.07, 6.45) is 1.89. The van der Waals surface area contributed by atoms with E-state index >= 15 is 0 Å². The fraction of sp³-hybridized carbons (Fsp3) is 0.562. The van der Waals surface area contributed by atoms with Gasteiger partial charge < -0.3 is 9.47 Å². The van der Waals surface area contributed by atoms with E-state index in [1.165, 1.54) is 9.75 Å². The van der Waals surface area contributed by atoms with Crippen LogP contribution in [0.3, 0.4) is 0 Å². The van der Waals surface area contributed by atoms with E-state index in [0.29, 0.717) is 18.4 Å². The first-order chi connectivity index (χ1) is 10.7. The van der Waals surface area contributed by atoms with Gasteiger partial charge in [-0.1, -0.05) is 6.92 Å². The number of aromatic nitrogens is 3. The van der Waals surface area contributed by atoms with Crippen molar-refractivity contribution in [2.75, 3.05) is 6.54 Å². The summed E-state index contributed by atoms with van der Waals surface area (Å²) in [5, 5.41) is 8.45. The van der Waals surface area contributed by atoms with E-state index in [4.69, 9.17) is 0 Å². The Kier molecular flexibility index (Phi) is 3.29. The largest absolute Gasteiger partial charge is 0.333 e. The van der Waals surface area contributed by atoms with Gasteiger partial charge in [0, 0.05) is 41.1 Å². The topological polar surface area (TPSA) is 51.0 Å². The molecule has 0 unspecified atom stereocenters. The molecule has 5 nitrogen and oxygen atoms in total. The summed E-state index contributed by atoms with van der Waals surface area (Å²) in [7, 11) is 0. The Labute approximate surface area is 134 Å². The van der Waals surface area contributed by atoms with Crippen molar-refractivity contribution in [3.05, 3.63) is 33.5 Å². The molecule has 2 aliphatic rings. The predicted molar refractivity (Wildman–Crippen MR) is 84.7 cm³/mol. The van der Waals surface area contributed by atoms with Crippen LogP contribution in [0.1, 0.15) is 40.7 Å². The van der Waals surface area contributed by atoms with Crippen molar-refractivity contribution in [2.45, 2.75) is 45.7 Å². The van der Waals surface area contributed by atoms with Gasteiger partial charge in [0.25, 0.3) is 0 Å². The highest BCUT2D eigenvalue weighted by atomic mass is 32.1. The molecule has 1 aliphatic carbocycles. The Morgan fingerprint density at radius 1 is 1.36 bits per heavy atom. The van der Waals surface area contributed by atoms with E-state index in [1.54, 1.807) is 0 Å². The summed E-state index contributed by atoms with van der Waals surface area (Å²) in [4.78, 5) is 17.4. The van der Waals surface area contributed by atoms with Crippen molar-refractivity contribution in [3.8, 4) is 0 Å². The SMILES string of the molecule is CCc1nnc2n1CCN(C(=O)[C@@H]1C[C@H]1c1ccc(C)s1)C2. The van der Waals surface area contributed by atoms with Gasteiger partial charge in [-0.2, -0.15) is 0 Å². The van der Waals surface area contributed by atoms with Gasteiger partial charge in [0.1, 0.15) is 5.82 Å². The van der Waals surface area contributed by atoms with Crippen molar-refractivity contribution in [1.82, 2.24) is 19.7 Å². The van der Waals surface area contributed by atoms with Crippen LogP contribution in [0.25, 0.3) is 0 Å². The fourth-order valence-electron chi connectivity index (χ4n) is 3.34. The number of hydrogen-bond acceptors (Lipinski definition) is 4. The van der Waals surface area contributed by atoms with Crippen LogP contribution in [0, 0.1) is 12.8 Å². The molecule has 4 rings (SSSR count). The van der Waals surface area contributed by atoms with E-state index < -0.39 is 0 Å². The number of rotatable bonds is 3.